The van der Waals surface area contributed by atoms with E-state index in [9.17, 15) is 19.2 Å². The summed E-state index contributed by atoms with van der Waals surface area (Å²) >= 11 is 6.06. The first-order valence-corrected chi connectivity index (χ1v) is 16.1. The van der Waals surface area contributed by atoms with Crippen LogP contribution < -0.4 is 15.8 Å². The molecule has 0 saturated heterocycles. The number of aryl methyl sites for hydroxylation is 1. The lowest BCUT2D eigenvalue weighted by molar-refractivity contribution is -0.148. The third kappa shape index (κ3) is 6.68. The summed E-state index contributed by atoms with van der Waals surface area (Å²) in [5.74, 6) is -2.07. The number of fused-ring (bicyclic) bond motifs is 1. The summed E-state index contributed by atoms with van der Waals surface area (Å²) in [6, 6.07) is 18.7. The van der Waals surface area contributed by atoms with Crippen molar-refractivity contribution >= 4 is 40.7 Å². The molecule has 12 nitrogen and oxygen atoms in total. The van der Waals surface area contributed by atoms with Crippen molar-refractivity contribution in [3.05, 3.63) is 122 Å². The highest BCUT2D eigenvalue weighted by molar-refractivity contribution is 6.37. The Balaban J connectivity index is 1.26. The highest BCUT2D eigenvalue weighted by Crippen LogP contribution is 2.35. The van der Waals surface area contributed by atoms with Crippen LogP contribution in [0.4, 0.5) is 11.4 Å². The van der Waals surface area contributed by atoms with Crippen LogP contribution in [-0.2, 0) is 26.1 Å². The number of imide groups is 1. The molecule has 2 aliphatic rings. The number of aliphatic hydroxyl groups is 1. The number of ether oxygens (including phenoxy) is 3. The summed E-state index contributed by atoms with van der Waals surface area (Å²) < 4.78 is 20.6. The zero-order chi connectivity index (χ0) is 34.8. The predicted molar refractivity (Wildman–Crippen MR) is 182 cm³/mol. The quantitative estimate of drug-likeness (QED) is 0.172. The molecule has 13 heteroatoms. The van der Waals surface area contributed by atoms with Crippen LogP contribution in [0.3, 0.4) is 0 Å². The molecule has 3 aromatic carbocycles. The van der Waals surface area contributed by atoms with Gasteiger partial charge < -0.3 is 24.6 Å². The molecule has 6 rings (SSSR count). The van der Waals surface area contributed by atoms with Crippen LogP contribution in [0.25, 0.3) is 5.69 Å². The van der Waals surface area contributed by atoms with Gasteiger partial charge in [0.15, 0.2) is 5.76 Å². The van der Waals surface area contributed by atoms with Gasteiger partial charge in [0.2, 0.25) is 6.29 Å². The van der Waals surface area contributed by atoms with E-state index in [4.69, 9.17) is 30.9 Å². The Morgan fingerprint density at radius 2 is 1.73 bits per heavy atom. The fourth-order valence-corrected chi connectivity index (χ4v) is 6.32. The normalized spacial score (nSPS) is 17.2. The minimum atomic E-state index is -0.871. The third-order valence-electron chi connectivity index (χ3n) is 8.56. The Bertz CT molecular complexity index is 2020. The molecule has 3 heterocycles. The van der Waals surface area contributed by atoms with Gasteiger partial charge in [-0.2, -0.15) is 0 Å². The lowest BCUT2D eigenvalue weighted by Gasteiger charge is -2.29. The lowest BCUT2D eigenvalue weighted by atomic mass is 9.93. The van der Waals surface area contributed by atoms with Crippen molar-refractivity contribution in [3.63, 3.8) is 0 Å². The number of halogens is 1. The van der Waals surface area contributed by atoms with Gasteiger partial charge in [-0.3, -0.25) is 23.9 Å². The van der Waals surface area contributed by atoms with E-state index in [1.165, 1.54) is 12.1 Å². The first-order chi connectivity index (χ1) is 23.6. The van der Waals surface area contributed by atoms with Gasteiger partial charge in [-0.15, -0.1) is 0 Å². The molecule has 0 saturated carbocycles. The molecule has 1 aromatic heterocycles. The zero-order valence-electron chi connectivity index (χ0n) is 27.1. The molecule has 2 N–H and O–H groups in total. The van der Waals surface area contributed by atoms with Crippen molar-refractivity contribution in [2.24, 2.45) is 7.05 Å². The van der Waals surface area contributed by atoms with Gasteiger partial charge in [0.1, 0.15) is 0 Å². The van der Waals surface area contributed by atoms with Gasteiger partial charge in [0, 0.05) is 41.4 Å². The Hall–Kier alpha value is -5.01. The van der Waals surface area contributed by atoms with Gasteiger partial charge in [-0.25, -0.2) is 9.58 Å². The van der Waals surface area contributed by atoms with E-state index in [-0.39, 0.29) is 55.3 Å². The highest BCUT2D eigenvalue weighted by atomic mass is 35.5. The minimum absolute atomic E-state index is 0.0367. The minimum Gasteiger partial charge on any atom is -0.459 e. The number of carbonyl (C=O) groups is 3. The first-order valence-electron chi connectivity index (χ1n) is 15.7. The molecule has 0 radical (unpaired) electrons. The monoisotopic (exact) mass is 686 g/mol. The summed E-state index contributed by atoms with van der Waals surface area (Å²) in [5.41, 5.74) is 3.55. The number of hydrogen-bond donors (Lipinski definition) is 2. The summed E-state index contributed by atoms with van der Waals surface area (Å²) in [7, 11) is 1.81. The molecule has 0 spiro atoms. The van der Waals surface area contributed by atoms with Crippen molar-refractivity contribution in [3.8, 4) is 5.69 Å². The number of amides is 3. The predicted octanol–water partition coefficient (Wildman–Crippen LogP) is 4.62. The van der Waals surface area contributed by atoms with E-state index in [2.05, 4.69) is 5.32 Å². The van der Waals surface area contributed by atoms with Gasteiger partial charge >= 0.3 is 0 Å². The van der Waals surface area contributed by atoms with Crippen LogP contribution in [-0.4, -0.2) is 64.9 Å². The van der Waals surface area contributed by atoms with Crippen LogP contribution in [0.5, 0.6) is 0 Å². The molecule has 3 amide bonds. The third-order valence-corrected chi connectivity index (χ3v) is 8.80. The number of allylic oxidation sites excluding steroid dienone is 1. The number of benzene rings is 3. The highest BCUT2D eigenvalue weighted by Gasteiger charge is 2.38. The molecule has 2 atom stereocenters. The van der Waals surface area contributed by atoms with Gasteiger partial charge in [0.25, 0.3) is 23.3 Å². The molecule has 2 aliphatic heterocycles. The molecule has 4 aromatic rings. The summed E-state index contributed by atoms with van der Waals surface area (Å²) in [4.78, 5) is 54.9. The molecule has 49 heavy (non-hydrogen) atoms. The number of rotatable bonds is 11. The number of para-hydroxylation sites is 1. The average Bonchev–Trinajstić information content (AvgIpc) is 3.46. The Morgan fingerprint density at radius 1 is 0.980 bits per heavy atom. The van der Waals surface area contributed by atoms with Crippen molar-refractivity contribution in [1.82, 2.24) is 9.36 Å². The van der Waals surface area contributed by atoms with Crippen LogP contribution in [0.15, 0.2) is 83.4 Å². The SMILES string of the molecule is Cc1cc(NC(=O)C2=C[C@H](c3c(C)n(C)n(-c4ccccc4)c3=O)C[C@H](OCCOCCO)O2)ccc1N1C(=O)c2ccc(Cl)cc2C1=O. The Labute approximate surface area is 287 Å². The standard InChI is InChI=1S/C36H35ClN4O8/c1-21-17-25(10-12-29(21)40-34(44)27-11-9-24(37)20-28(27)35(40)45)38-33(43)30-18-23(19-31(49-30)48-16-15-47-14-13-42)32-22(2)39(3)41(36(32)46)26-7-5-4-6-8-26/h4-12,17-18,20,23,31,42H,13-16,19H2,1-3H3,(H,38,43)/t23-,31+/m0/s1. The van der Waals surface area contributed by atoms with E-state index in [0.29, 0.717) is 33.2 Å². The van der Waals surface area contributed by atoms with Crippen LogP contribution >= 0.6 is 11.6 Å². The summed E-state index contributed by atoms with van der Waals surface area (Å²) in [5, 5.41) is 12.2. The maximum atomic E-state index is 13.9. The number of anilines is 2. The molecule has 0 fully saturated rings. The number of aliphatic hydroxyl groups excluding tert-OH is 1. The van der Waals surface area contributed by atoms with Crippen molar-refractivity contribution in [2.75, 3.05) is 36.6 Å². The van der Waals surface area contributed by atoms with E-state index in [1.807, 2.05) is 37.3 Å². The maximum Gasteiger partial charge on any atom is 0.290 e. The fraction of sp³-hybridized carbons (Fsp3) is 0.278. The van der Waals surface area contributed by atoms with Gasteiger partial charge in [-0.1, -0.05) is 29.8 Å². The van der Waals surface area contributed by atoms with Crippen molar-refractivity contribution in [2.45, 2.75) is 32.5 Å². The molecule has 0 aliphatic carbocycles. The van der Waals surface area contributed by atoms with Crippen LogP contribution in [0, 0.1) is 13.8 Å². The summed E-state index contributed by atoms with van der Waals surface area (Å²) in [6.07, 6.45) is 1.02. The molecular formula is C36H35ClN4O8. The number of aromatic nitrogens is 2. The van der Waals surface area contributed by atoms with Gasteiger partial charge in [0.05, 0.1) is 48.9 Å². The zero-order valence-corrected chi connectivity index (χ0v) is 27.9. The van der Waals surface area contributed by atoms with Crippen LogP contribution in [0.2, 0.25) is 5.02 Å². The molecule has 254 valence electrons. The molecular weight excluding hydrogens is 652 g/mol. The van der Waals surface area contributed by atoms with Crippen LogP contribution in [0.1, 0.15) is 49.9 Å². The Kier molecular flexibility index (Phi) is 9.84. The number of nitrogens with zero attached hydrogens (tertiary/aromatic N) is 3. The van der Waals surface area contributed by atoms with E-state index in [1.54, 1.807) is 53.7 Å². The maximum absolute atomic E-state index is 13.9. The number of hydrogen-bond acceptors (Lipinski definition) is 8. The van der Waals surface area contributed by atoms with Crippen molar-refractivity contribution < 1.29 is 33.7 Å². The number of carbonyl (C=O) groups excluding carboxylic acids is 3. The Morgan fingerprint density at radius 3 is 2.47 bits per heavy atom. The molecule has 0 unspecified atom stereocenters. The van der Waals surface area contributed by atoms with E-state index < -0.39 is 29.9 Å². The topological polar surface area (TPSA) is 141 Å². The lowest BCUT2D eigenvalue weighted by Crippen LogP contribution is -2.32. The molecule has 0 bridgehead atoms. The average molecular weight is 687 g/mol. The largest absolute Gasteiger partial charge is 0.459 e. The second kappa shape index (κ2) is 14.2. The fourth-order valence-electron chi connectivity index (χ4n) is 6.15. The second-order valence-corrected chi connectivity index (χ2v) is 12.1. The van der Waals surface area contributed by atoms with Gasteiger partial charge in [-0.05, 0) is 74.0 Å². The van der Waals surface area contributed by atoms with E-state index in [0.717, 1.165) is 10.6 Å². The van der Waals surface area contributed by atoms with Crippen molar-refractivity contribution in [1.29, 1.82) is 0 Å². The second-order valence-electron chi connectivity index (χ2n) is 11.7. The first kappa shape index (κ1) is 33.9. The number of nitrogens with one attached hydrogen (secondary N) is 1. The summed E-state index contributed by atoms with van der Waals surface area (Å²) in [6.45, 7) is 3.96. The smallest absolute Gasteiger partial charge is 0.290 e. The van der Waals surface area contributed by atoms with E-state index >= 15 is 0 Å².